The Balaban J connectivity index is 2.09. The van der Waals surface area contributed by atoms with Crippen LogP contribution in [0.1, 0.15) is 21.5 Å². The van der Waals surface area contributed by atoms with E-state index >= 15 is 0 Å². The van der Waals surface area contributed by atoms with Crippen LogP contribution in [-0.2, 0) is 6.54 Å². The standard InChI is InChI=1S/C15H11FN2O2/c16-14-6-5-12(7-13(14)15(19)20)18-9-11-3-1-10(8-17)2-4-11/h1-7,18H,9H2,(H,19,20). The highest BCUT2D eigenvalue weighted by Gasteiger charge is 2.10. The van der Waals surface area contributed by atoms with Crippen LogP contribution >= 0.6 is 0 Å². The normalized spacial score (nSPS) is 9.80. The van der Waals surface area contributed by atoms with Crippen LogP contribution in [0, 0.1) is 17.1 Å². The van der Waals surface area contributed by atoms with E-state index in [1.807, 2.05) is 6.07 Å². The van der Waals surface area contributed by atoms with Crippen LogP contribution < -0.4 is 5.32 Å². The molecular weight excluding hydrogens is 259 g/mol. The Morgan fingerprint density at radius 2 is 1.95 bits per heavy atom. The average molecular weight is 270 g/mol. The molecule has 2 N–H and O–H groups in total. The number of halogens is 1. The van der Waals surface area contributed by atoms with Crippen LogP contribution in [0.2, 0.25) is 0 Å². The van der Waals surface area contributed by atoms with Crippen molar-refractivity contribution in [3.8, 4) is 6.07 Å². The van der Waals surface area contributed by atoms with Gasteiger partial charge in [-0.2, -0.15) is 5.26 Å². The first-order valence-corrected chi connectivity index (χ1v) is 5.86. The van der Waals surface area contributed by atoms with Crippen molar-refractivity contribution in [1.82, 2.24) is 0 Å². The van der Waals surface area contributed by atoms with Gasteiger partial charge >= 0.3 is 5.97 Å². The number of hydrogen-bond acceptors (Lipinski definition) is 3. The third-order valence-electron chi connectivity index (χ3n) is 2.78. The Hall–Kier alpha value is -2.87. The van der Waals surface area contributed by atoms with Gasteiger partial charge in [0.1, 0.15) is 5.82 Å². The number of anilines is 1. The predicted molar refractivity (Wildman–Crippen MR) is 71.8 cm³/mol. The fourth-order valence-corrected chi connectivity index (χ4v) is 1.70. The maximum Gasteiger partial charge on any atom is 0.338 e. The van der Waals surface area contributed by atoms with Gasteiger partial charge in [-0.25, -0.2) is 9.18 Å². The van der Waals surface area contributed by atoms with Gasteiger partial charge in [0.25, 0.3) is 0 Å². The molecule has 2 aromatic rings. The highest BCUT2D eigenvalue weighted by molar-refractivity contribution is 5.89. The molecule has 0 atom stereocenters. The number of carboxylic acids is 1. The average Bonchev–Trinajstić information content (AvgIpc) is 2.46. The highest BCUT2D eigenvalue weighted by Crippen LogP contribution is 2.16. The van der Waals surface area contributed by atoms with E-state index in [-0.39, 0.29) is 5.56 Å². The number of carboxylic acid groups (broad SMARTS) is 1. The van der Waals surface area contributed by atoms with E-state index in [9.17, 15) is 9.18 Å². The molecule has 0 aliphatic heterocycles. The van der Waals surface area contributed by atoms with E-state index < -0.39 is 11.8 Å². The van der Waals surface area contributed by atoms with Crippen molar-refractivity contribution in [2.24, 2.45) is 0 Å². The molecule has 0 amide bonds. The first-order valence-electron chi connectivity index (χ1n) is 5.86. The molecule has 5 heteroatoms. The van der Waals surface area contributed by atoms with Crippen molar-refractivity contribution in [2.75, 3.05) is 5.32 Å². The molecule has 2 aromatic carbocycles. The maximum absolute atomic E-state index is 13.2. The van der Waals surface area contributed by atoms with Crippen LogP contribution in [0.15, 0.2) is 42.5 Å². The Morgan fingerprint density at radius 3 is 2.55 bits per heavy atom. The lowest BCUT2D eigenvalue weighted by atomic mass is 10.1. The Morgan fingerprint density at radius 1 is 1.25 bits per heavy atom. The van der Waals surface area contributed by atoms with Crippen molar-refractivity contribution in [3.05, 3.63) is 65.0 Å². The smallest absolute Gasteiger partial charge is 0.338 e. The van der Waals surface area contributed by atoms with E-state index in [1.165, 1.54) is 12.1 Å². The quantitative estimate of drug-likeness (QED) is 0.895. The predicted octanol–water partition coefficient (Wildman–Crippen LogP) is 3.01. The lowest BCUT2D eigenvalue weighted by Crippen LogP contribution is -2.04. The fraction of sp³-hybridized carbons (Fsp3) is 0.0667. The number of aromatic carboxylic acids is 1. The van der Waals surface area contributed by atoms with E-state index in [0.717, 1.165) is 11.6 Å². The number of nitrogens with zero attached hydrogens (tertiary/aromatic N) is 1. The number of carbonyl (C=O) groups is 1. The summed E-state index contributed by atoms with van der Waals surface area (Å²) in [7, 11) is 0. The summed E-state index contributed by atoms with van der Waals surface area (Å²) >= 11 is 0. The zero-order chi connectivity index (χ0) is 14.5. The van der Waals surface area contributed by atoms with Gasteiger partial charge < -0.3 is 10.4 Å². The van der Waals surface area contributed by atoms with Crippen molar-refractivity contribution in [1.29, 1.82) is 5.26 Å². The number of nitriles is 1. The lowest BCUT2D eigenvalue weighted by molar-refractivity contribution is 0.0692. The Kier molecular flexibility index (Phi) is 3.96. The third kappa shape index (κ3) is 3.12. The van der Waals surface area contributed by atoms with E-state index in [0.29, 0.717) is 17.8 Å². The molecule has 0 aromatic heterocycles. The molecule has 20 heavy (non-hydrogen) atoms. The summed E-state index contributed by atoms with van der Waals surface area (Å²) in [5.41, 5.74) is 1.66. The fourth-order valence-electron chi connectivity index (χ4n) is 1.70. The van der Waals surface area contributed by atoms with Gasteiger partial charge in [0.2, 0.25) is 0 Å². The van der Waals surface area contributed by atoms with Crippen LogP contribution in [0.3, 0.4) is 0 Å². The maximum atomic E-state index is 13.2. The van der Waals surface area contributed by atoms with Crippen molar-refractivity contribution >= 4 is 11.7 Å². The van der Waals surface area contributed by atoms with E-state index in [2.05, 4.69) is 5.32 Å². The van der Waals surface area contributed by atoms with Gasteiger partial charge in [-0.05, 0) is 35.9 Å². The van der Waals surface area contributed by atoms with E-state index in [1.54, 1.807) is 24.3 Å². The summed E-state index contributed by atoms with van der Waals surface area (Å²) in [5, 5.41) is 20.5. The largest absolute Gasteiger partial charge is 0.478 e. The molecule has 0 heterocycles. The van der Waals surface area contributed by atoms with Gasteiger partial charge in [0, 0.05) is 12.2 Å². The number of rotatable bonds is 4. The minimum atomic E-state index is -1.30. The summed E-state index contributed by atoms with van der Waals surface area (Å²) in [6, 6.07) is 12.9. The molecular formula is C15H11FN2O2. The van der Waals surface area contributed by atoms with Gasteiger partial charge in [-0.3, -0.25) is 0 Å². The topological polar surface area (TPSA) is 73.1 Å². The second-order valence-electron chi connectivity index (χ2n) is 4.16. The zero-order valence-electron chi connectivity index (χ0n) is 10.4. The van der Waals surface area contributed by atoms with E-state index in [4.69, 9.17) is 10.4 Å². The summed E-state index contributed by atoms with van der Waals surface area (Å²) < 4.78 is 13.2. The molecule has 0 saturated carbocycles. The molecule has 0 aliphatic rings. The molecule has 0 unspecified atom stereocenters. The first-order chi connectivity index (χ1) is 9.60. The SMILES string of the molecule is N#Cc1ccc(CNc2ccc(F)c(C(=O)O)c2)cc1. The lowest BCUT2D eigenvalue weighted by Gasteiger charge is -2.08. The molecule has 2 rings (SSSR count). The monoisotopic (exact) mass is 270 g/mol. The van der Waals surface area contributed by atoms with Gasteiger partial charge in [0.15, 0.2) is 0 Å². The minimum Gasteiger partial charge on any atom is -0.478 e. The zero-order valence-corrected chi connectivity index (χ0v) is 10.4. The molecule has 0 aliphatic carbocycles. The Bertz CT molecular complexity index is 675. The number of hydrogen-bond donors (Lipinski definition) is 2. The molecule has 0 saturated heterocycles. The molecule has 0 radical (unpaired) electrons. The van der Waals surface area contributed by atoms with Crippen LogP contribution in [-0.4, -0.2) is 11.1 Å². The number of nitrogens with one attached hydrogen (secondary N) is 1. The first kappa shape index (κ1) is 13.6. The summed E-state index contributed by atoms with van der Waals surface area (Å²) in [5.74, 6) is -2.06. The van der Waals surface area contributed by atoms with Crippen molar-refractivity contribution in [3.63, 3.8) is 0 Å². The molecule has 4 nitrogen and oxygen atoms in total. The second-order valence-corrected chi connectivity index (χ2v) is 4.16. The highest BCUT2D eigenvalue weighted by atomic mass is 19.1. The molecule has 0 spiro atoms. The van der Waals surface area contributed by atoms with Gasteiger partial charge in [-0.1, -0.05) is 12.1 Å². The van der Waals surface area contributed by atoms with Crippen LogP contribution in [0.25, 0.3) is 0 Å². The van der Waals surface area contributed by atoms with Crippen LogP contribution in [0.4, 0.5) is 10.1 Å². The Labute approximate surface area is 115 Å². The summed E-state index contributed by atoms with van der Waals surface area (Å²) in [4.78, 5) is 10.8. The van der Waals surface area contributed by atoms with Crippen molar-refractivity contribution in [2.45, 2.75) is 6.54 Å². The van der Waals surface area contributed by atoms with Crippen molar-refractivity contribution < 1.29 is 14.3 Å². The summed E-state index contributed by atoms with van der Waals surface area (Å²) in [6.45, 7) is 0.455. The summed E-state index contributed by atoms with van der Waals surface area (Å²) in [6.07, 6.45) is 0. The minimum absolute atomic E-state index is 0.366. The number of benzene rings is 2. The third-order valence-corrected chi connectivity index (χ3v) is 2.78. The van der Waals surface area contributed by atoms with Gasteiger partial charge in [-0.15, -0.1) is 0 Å². The molecule has 0 fully saturated rings. The van der Waals surface area contributed by atoms with Gasteiger partial charge in [0.05, 0.1) is 17.2 Å². The van der Waals surface area contributed by atoms with Crippen LogP contribution in [0.5, 0.6) is 0 Å². The second kappa shape index (κ2) is 5.85. The molecule has 0 bridgehead atoms. The molecule has 100 valence electrons.